The zero-order valence-electron chi connectivity index (χ0n) is 21.8. The Morgan fingerprint density at radius 1 is 1.10 bits per heavy atom. The number of rotatable bonds is 9. The van der Waals surface area contributed by atoms with Gasteiger partial charge in [0.05, 0.1) is 44.4 Å². The van der Waals surface area contributed by atoms with Crippen molar-refractivity contribution >= 4 is 35.4 Å². The van der Waals surface area contributed by atoms with Gasteiger partial charge in [0.2, 0.25) is 11.7 Å². The van der Waals surface area contributed by atoms with Crippen molar-refractivity contribution in [2.45, 2.75) is 31.7 Å². The molecule has 1 aromatic heterocycles. The summed E-state index contributed by atoms with van der Waals surface area (Å²) in [6.45, 7) is 1.01. The van der Waals surface area contributed by atoms with E-state index in [0.29, 0.717) is 34.9 Å². The summed E-state index contributed by atoms with van der Waals surface area (Å²) in [6.07, 6.45) is 5.93. The topological polar surface area (TPSA) is 120 Å². The Kier molecular flexibility index (Phi) is 7.62. The normalized spacial score (nSPS) is 15.8. The Bertz CT molecular complexity index is 1410. The van der Waals surface area contributed by atoms with Crippen LogP contribution >= 0.6 is 0 Å². The van der Waals surface area contributed by atoms with Crippen LogP contribution in [-0.2, 0) is 9.53 Å². The number of carbonyl (C=O) groups is 3. The van der Waals surface area contributed by atoms with E-state index in [0.717, 1.165) is 30.5 Å². The van der Waals surface area contributed by atoms with Crippen LogP contribution in [0.5, 0.6) is 11.5 Å². The lowest BCUT2D eigenvalue weighted by Crippen LogP contribution is -2.35. The predicted octanol–water partition coefficient (Wildman–Crippen LogP) is 4.86. The van der Waals surface area contributed by atoms with Gasteiger partial charge in [-0.25, -0.2) is 4.79 Å². The number of nitrogens with zero attached hydrogens (tertiary/aromatic N) is 2. The van der Waals surface area contributed by atoms with E-state index in [1.165, 1.54) is 20.5 Å². The van der Waals surface area contributed by atoms with Gasteiger partial charge in [0.1, 0.15) is 0 Å². The molecule has 0 aliphatic carbocycles. The van der Waals surface area contributed by atoms with Crippen LogP contribution < -0.4 is 14.8 Å². The number of hydrogen-bond acceptors (Lipinski definition) is 8. The third kappa shape index (κ3) is 5.64. The number of hydrogen-bond donors (Lipinski definition) is 1. The number of esters is 1. The molecule has 0 spiro atoms. The summed E-state index contributed by atoms with van der Waals surface area (Å²) in [5.74, 6) is 0.322. The number of anilines is 1. The summed E-state index contributed by atoms with van der Waals surface area (Å²) in [5, 5.41) is 2.87. The fourth-order valence-electron chi connectivity index (χ4n) is 4.70. The zero-order chi connectivity index (χ0) is 27.4. The number of nitrogens with one attached hydrogen (secondary N) is 1. The third-order valence-corrected chi connectivity index (χ3v) is 6.75. The van der Waals surface area contributed by atoms with Gasteiger partial charge in [0.15, 0.2) is 11.5 Å². The number of fused-ring (bicyclic) bond motifs is 2. The standard InChI is InChI=1S/C29H29N3O7/c1-36-24-14-22-23(30-16-21-5-3-11-32(21)28(22)34)15-25(24)38-12-4-6-27(33)31-20-9-7-18(8-10-20)19-13-26(39-17-19)29(35)37-2/h7-10,13-17,21H,3-6,11-12H2,1-2H3,(H,31,33)/t21-/m0/s1. The van der Waals surface area contributed by atoms with E-state index in [1.54, 1.807) is 30.3 Å². The van der Waals surface area contributed by atoms with Crippen molar-refractivity contribution in [3.05, 3.63) is 60.1 Å². The molecule has 1 atom stereocenters. The summed E-state index contributed by atoms with van der Waals surface area (Å²) in [4.78, 5) is 43.4. The predicted molar refractivity (Wildman–Crippen MR) is 144 cm³/mol. The minimum atomic E-state index is -0.543. The highest BCUT2D eigenvalue weighted by atomic mass is 16.5. The molecule has 2 amide bonds. The molecule has 2 aromatic carbocycles. The van der Waals surface area contributed by atoms with Gasteiger partial charge >= 0.3 is 5.97 Å². The summed E-state index contributed by atoms with van der Waals surface area (Å²) < 4.78 is 21.3. The monoisotopic (exact) mass is 531 g/mol. The summed E-state index contributed by atoms with van der Waals surface area (Å²) >= 11 is 0. The van der Waals surface area contributed by atoms with Crippen LogP contribution in [0.3, 0.4) is 0 Å². The number of methoxy groups -OCH3 is 2. The number of ether oxygens (including phenoxy) is 3. The Morgan fingerprint density at radius 3 is 2.69 bits per heavy atom. The van der Waals surface area contributed by atoms with E-state index in [-0.39, 0.29) is 36.6 Å². The first-order chi connectivity index (χ1) is 19.0. The van der Waals surface area contributed by atoms with Gasteiger partial charge in [-0.1, -0.05) is 12.1 Å². The first-order valence-corrected chi connectivity index (χ1v) is 12.7. The van der Waals surface area contributed by atoms with Gasteiger partial charge in [-0.05, 0) is 49.1 Å². The van der Waals surface area contributed by atoms with Crippen molar-refractivity contribution in [3.8, 4) is 22.6 Å². The van der Waals surface area contributed by atoms with E-state index in [4.69, 9.17) is 13.9 Å². The molecule has 0 unspecified atom stereocenters. The zero-order valence-corrected chi connectivity index (χ0v) is 21.8. The van der Waals surface area contributed by atoms with Crippen LogP contribution in [0.1, 0.15) is 46.6 Å². The minimum Gasteiger partial charge on any atom is -0.493 e. The molecule has 0 radical (unpaired) electrons. The van der Waals surface area contributed by atoms with Gasteiger partial charge in [-0.3, -0.25) is 14.6 Å². The number of amides is 2. The maximum absolute atomic E-state index is 13.0. The van der Waals surface area contributed by atoms with E-state index < -0.39 is 5.97 Å². The Hall–Kier alpha value is -4.60. The van der Waals surface area contributed by atoms with E-state index in [2.05, 4.69) is 15.0 Å². The van der Waals surface area contributed by atoms with Crippen molar-refractivity contribution in [3.63, 3.8) is 0 Å². The van der Waals surface area contributed by atoms with Crippen molar-refractivity contribution in [2.75, 3.05) is 32.7 Å². The highest BCUT2D eigenvalue weighted by Crippen LogP contribution is 2.38. The number of aliphatic imine (C=N–C) groups is 1. The van der Waals surface area contributed by atoms with E-state index in [9.17, 15) is 14.4 Å². The molecule has 3 heterocycles. The molecule has 1 fully saturated rings. The third-order valence-electron chi connectivity index (χ3n) is 6.75. The van der Waals surface area contributed by atoms with E-state index in [1.807, 2.05) is 23.2 Å². The Labute approximate surface area is 225 Å². The molecule has 3 aromatic rings. The van der Waals surface area contributed by atoms with E-state index >= 15 is 0 Å². The lowest BCUT2D eigenvalue weighted by Gasteiger charge is -2.20. The molecule has 0 saturated carbocycles. The van der Waals surface area contributed by atoms with Crippen molar-refractivity contribution in [1.82, 2.24) is 4.90 Å². The Balaban J connectivity index is 1.13. The van der Waals surface area contributed by atoms with Crippen molar-refractivity contribution in [2.24, 2.45) is 4.99 Å². The van der Waals surface area contributed by atoms with Crippen molar-refractivity contribution in [1.29, 1.82) is 0 Å². The molecule has 10 heteroatoms. The maximum Gasteiger partial charge on any atom is 0.373 e. The van der Waals surface area contributed by atoms with Crippen LogP contribution in [-0.4, -0.2) is 62.3 Å². The lowest BCUT2D eigenvalue weighted by atomic mass is 10.1. The minimum absolute atomic E-state index is 0.0278. The summed E-state index contributed by atoms with van der Waals surface area (Å²) in [5.41, 5.74) is 3.28. The molecule has 0 bridgehead atoms. The SMILES string of the molecule is COC(=O)c1cc(-c2ccc(NC(=O)CCCOc3cc4c(cc3OC)C(=O)N3CCC[C@H]3C=N4)cc2)co1. The van der Waals surface area contributed by atoms with Gasteiger partial charge in [0, 0.05) is 36.5 Å². The maximum atomic E-state index is 13.0. The number of furan rings is 1. The van der Waals surface area contributed by atoms with Gasteiger partial charge in [0.25, 0.3) is 5.91 Å². The highest BCUT2D eigenvalue weighted by Gasteiger charge is 2.32. The molecule has 1 N–H and O–H groups in total. The Morgan fingerprint density at radius 2 is 1.92 bits per heavy atom. The summed E-state index contributed by atoms with van der Waals surface area (Å²) in [7, 11) is 2.82. The van der Waals surface area contributed by atoms with Crippen LogP contribution in [0.2, 0.25) is 0 Å². The second kappa shape index (κ2) is 11.4. The second-order valence-electron chi connectivity index (χ2n) is 9.28. The molecule has 1 saturated heterocycles. The summed E-state index contributed by atoms with van der Waals surface area (Å²) in [6, 6.07) is 12.2. The lowest BCUT2D eigenvalue weighted by molar-refractivity contribution is -0.116. The van der Waals surface area contributed by atoms with Crippen LogP contribution in [0.15, 0.2) is 58.1 Å². The number of benzene rings is 2. The molecular weight excluding hydrogens is 502 g/mol. The second-order valence-corrected chi connectivity index (χ2v) is 9.28. The fraction of sp³-hybridized carbons (Fsp3) is 0.310. The average molecular weight is 532 g/mol. The number of carbonyl (C=O) groups excluding carboxylic acids is 3. The fourth-order valence-corrected chi connectivity index (χ4v) is 4.70. The van der Waals surface area contributed by atoms with Crippen molar-refractivity contribution < 1.29 is 33.0 Å². The van der Waals surface area contributed by atoms with Crippen LogP contribution in [0.4, 0.5) is 11.4 Å². The van der Waals surface area contributed by atoms with Gasteiger partial charge in [-0.15, -0.1) is 0 Å². The highest BCUT2D eigenvalue weighted by molar-refractivity contribution is 6.03. The molecule has 5 rings (SSSR count). The molecule has 39 heavy (non-hydrogen) atoms. The molecule has 2 aliphatic rings. The quantitative estimate of drug-likeness (QED) is 0.309. The molecule has 202 valence electrons. The first-order valence-electron chi connectivity index (χ1n) is 12.7. The molecule has 10 nitrogen and oxygen atoms in total. The van der Waals surface area contributed by atoms with Gasteiger partial charge < -0.3 is 28.8 Å². The molecular formula is C29H29N3O7. The average Bonchev–Trinajstić information content (AvgIpc) is 3.62. The van der Waals surface area contributed by atoms with Gasteiger partial charge in [-0.2, -0.15) is 0 Å². The molecule has 2 aliphatic heterocycles. The largest absolute Gasteiger partial charge is 0.493 e. The van der Waals surface area contributed by atoms with Crippen LogP contribution in [0.25, 0.3) is 11.1 Å². The first kappa shape index (κ1) is 26.0. The van der Waals surface area contributed by atoms with Crippen LogP contribution in [0, 0.1) is 0 Å². The smallest absolute Gasteiger partial charge is 0.373 e.